The number of nitrogens with zero attached hydrogens (tertiary/aromatic N) is 3. The molecule has 1 aromatic heterocycles. The van der Waals surface area contributed by atoms with Crippen LogP contribution in [0.3, 0.4) is 0 Å². The summed E-state index contributed by atoms with van der Waals surface area (Å²) in [6.07, 6.45) is 0. The summed E-state index contributed by atoms with van der Waals surface area (Å²) < 4.78 is 67.9. The molecule has 217 valence electrons. The smallest absolute Gasteiger partial charge is 0.457 e. The zero-order valence-electron chi connectivity index (χ0n) is 19.3. The molecule has 0 spiro atoms. The fourth-order valence-corrected chi connectivity index (χ4v) is 1.33. The number of primary amides is 2. The minimum Gasteiger partial charge on any atom is -0.457 e. The van der Waals surface area contributed by atoms with Crippen molar-refractivity contribution in [3.63, 3.8) is 0 Å². The Morgan fingerprint density at radius 1 is 0.763 bits per heavy atom. The molecule has 10 N–H and O–H groups in total. The number of rotatable bonds is 4. The van der Waals surface area contributed by atoms with Crippen LogP contribution in [-0.2, 0) is 41.7 Å². The number of hydrogen-bond acceptors (Lipinski definition) is 16. The van der Waals surface area contributed by atoms with Crippen LogP contribution in [0, 0.1) is 20.5 Å². The molecule has 0 saturated heterocycles. The number of carbonyl (C=O) groups is 4. The van der Waals surface area contributed by atoms with Crippen LogP contribution in [0.5, 0.6) is 0 Å². The maximum atomic E-state index is 11.0. The number of amides is 4. The average Bonchev–Trinajstić information content (AvgIpc) is 2.74. The van der Waals surface area contributed by atoms with Crippen LogP contribution in [-0.4, -0.2) is 52.3 Å². The van der Waals surface area contributed by atoms with Crippen molar-refractivity contribution in [2.45, 2.75) is 13.8 Å². The van der Waals surface area contributed by atoms with E-state index in [9.17, 15) is 19.2 Å². The summed E-state index contributed by atoms with van der Waals surface area (Å²) in [5, 5.41) is 14.4. The molecule has 1 aromatic rings. The van der Waals surface area contributed by atoms with Crippen LogP contribution in [0.2, 0.25) is 0 Å². The number of aliphatic hydroxyl groups excluding tert-OH is 1. The molecule has 0 aliphatic carbocycles. The van der Waals surface area contributed by atoms with Crippen molar-refractivity contribution in [3.8, 4) is 0 Å². The summed E-state index contributed by atoms with van der Waals surface area (Å²) in [5.41, 5.74) is 14.9. The normalized spacial score (nSPS) is 10.6. The van der Waals surface area contributed by atoms with Crippen molar-refractivity contribution in [2.24, 2.45) is 21.7 Å². The van der Waals surface area contributed by atoms with Gasteiger partial charge in [-0.1, -0.05) is 6.07 Å². The first kappa shape index (κ1) is 45.0. The predicted octanol–water partition coefficient (Wildman–Crippen LogP) is -13.1. The van der Waals surface area contributed by atoms with Gasteiger partial charge in [-0.15, -0.1) is 20.5 Å². The molecule has 0 saturated carbocycles. The molecule has 0 atom stereocenters. The molecule has 1 heterocycles. The first-order chi connectivity index (χ1) is 16.2. The first-order valence-electron chi connectivity index (χ1n) is 8.16. The Morgan fingerprint density at radius 3 is 1.21 bits per heavy atom. The Balaban J connectivity index is -0.000000218. The Hall–Kier alpha value is -2.93. The Morgan fingerprint density at radius 2 is 1.00 bits per heavy atom. The molecule has 1 radical (unpaired) electrons. The van der Waals surface area contributed by atoms with E-state index in [0.717, 1.165) is 7.11 Å². The molecule has 0 aromatic carbocycles. The summed E-state index contributed by atoms with van der Waals surface area (Å²) in [6, 6.07) is 4.85. The zero-order chi connectivity index (χ0) is 29.3. The van der Waals surface area contributed by atoms with E-state index in [0.29, 0.717) is 22.8 Å². The minimum atomic E-state index is -4.94. The van der Waals surface area contributed by atoms with Crippen LogP contribution in [0.4, 0.5) is 0 Å². The van der Waals surface area contributed by atoms with Crippen molar-refractivity contribution in [1.82, 2.24) is 15.8 Å². The fourth-order valence-electron chi connectivity index (χ4n) is 1.33. The predicted molar refractivity (Wildman–Crippen MR) is 96.3 cm³/mol. The van der Waals surface area contributed by atoms with E-state index in [1.807, 2.05) is 10.9 Å². The number of nitrogens with two attached hydrogens (primary N) is 2. The number of hydrazone groups is 2. The van der Waals surface area contributed by atoms with Gasteiger partial charge in [0.25, 0.3) is 0 Å². The molecule has 4 amide bonds. The summed E-state index contributed by atoms with van der Waals surface area (Å²) in [4.78, 5) is 47.5. The second kappa shape index (κ2) is 22.1. The second-order valence-electron chi connectivity index (χ2n) is 5.17. The van der Waals surface area contributed by atoms with Crippen molar-refractivity contribution >= 4 is 35.1 Å². The van der Waals surface area contributed by atoms with Crippen molar-refractivity contribution in [1.29, 1.82) is 0 Å². The Bertz CT molecular complexity index is 871. The number of carbonyl (C=O) groups excluding carboxylic acids is 4. The molecule has 0 aliphatic heterocycles. The summed E-state index contributed by atoms with van der Waals surface area (Å²) in [5.74, 6) is -4.45. The van der Waals surface area contributed by atoms with Crippen LogP contribution in [0.15, 0.2) is 28.4 Å². The monoisotopic (exact) mass is 637 g/mol. The number of halogens is 2. The number of hydrogen-bond donors (Lipinski definition) is 5. The number of pyridine rings is 1. The van der Waals surface area contributed by atoms with Crippen LogP contribution < -0.4 is 59.6 Å². The Kier molecular flexibility index (Phi) is 26.2. The van der Waals surface area contributed by atoms with E-state index in [2.05, 4.69) is 15.2 Å². The number of aliphatic hydroxyl groups is 1. The van der Waals surface area contributed by atoms with E-state index >= 15 is 0 Å². The largest absolute Gasteiger partial charge is 2.00 e. The second-order valence-corrected chi connectivity index (χ2v) is 6.68. The van der Waals surface area contributed by atoms with E-state index in [4.69, 9.17) is 53.8 Å². The molecule has 0 fully saturated rings. The van der Waals surface area contributed by atoms with Crippen LogP contribution in [0.1, 0.15) is 25.2 Å². The standard InChI is InChI=1S/C13H15N7O4.CH4O.2ClHO4.Mn.H2O/c1-6(17-19-12(23)10(14)21)8-4-3-5-9(16-8)7(2)18-20-13(24)11(15)22;1-2;2*2-1(3,4)5;;/h3-5H,1-2H3,(H2,14,21)(H2,15,22)(H,19,23)(H,20,24);2H,1H3;2*(H,2,3,4,5);;1H2/q;;;;+2;/p-1/b17-6+,18-7+;;;;;. The molecule has 24 heteroatoms. The van der Waals surface area contributed by atoms with E-state index < -0.39 is 44.1 Å². The van der Waals surface area contributed by atoms with Crippen molar-refractivity contribution in [3.05, 3.63) is 29.6 Å². The van der Waals surface area contributed by atoms with Gasteiger partial charge in [0, 0.05) is 7.11 Å². The number of nitrogens with one attached hydrogen (secondary N) is 2. The fraction of sp³-hybridized carbons (Fsp3) is 0.214. The third-order valence-corrected chi connectivity index (χ3v) is 2.59. The molecular weight excluding hydrogens is 616 g/mol. The SMILES string of the molecule is C/C(=N\NC(=O)C(N)=O)c1cccc(/C(C)=N/NC(=O)C(N)=O)n1.CO.[Mn+2].[O-][Cl+3]([O-])([O-])[O-].[O-][Cl+3]([O-])([O-])[O-].[OH3+]. The van der Waals surface area contributed by atoms with Gasteiger partial charge in [-0.05, 0) is 26.0 Å². The van der Waals surface area contributed by atoms with Gasteiger partial charge in [0.05, 0.1) is 22.8 Å². The molecule has 0 unspecified atom stereocenters. The average molecular weight is 638 g/mol. The molecule has 21 nitrogen and oxygen atoms in total. The third kappa shape index (κ3) is 31.1. The van der Waals surface area contributed by atoms with Crippen LogP contribution in [0.25, 0.3) is 0 Å². The van der Waals surface area contributed by atoms with Gasteiger partial charge in [-0.2, -0.15) is 10.2 Å². The van der Waals surface area contributed by atoms with E-state index in [-0.39, 0.29) is 22.5 Å². The minimum absolute atomic E-state index is 0. The van der Waals surface area contributed by atoms with Gasteiger partial charge in [0.2, 0.25) is 0 Å². The van der Waals surface area contributed by atoms with Gasteiger partial charge in [-0.25, -0.2) is 53.1 Å². The Labute approximate surface area is 227 Å². The maximum Gasteiger partial charge on any atom is 2.00 e. The zero-order valence-corrected chi connectivity index (χ0v) is 22.0. The van der Waals surface area contributed by atoms with Gasteiger partial charge in [0.15, 0.2) is 0 Å². The summed E-state index contributed by atoms with van der Waals surface area (Å²) in [7, 11) is -8.89. The summed E-state index contributed by atoms with van der Waals surface area (Å²) >= 11 is 0. The van der Waals surface area contributed by atoms with Gasteiger partial charge in [0.1, 0.15) is 0 Å². The topological polar surface area (TPSA) is 420 Å². The van der Waals surface area contributed by atoms with E-state index in [1.165, 1.54) is 0 Å². The first-order valence-corrected chi connectivity index (χ1v) is 10.6. The molecule has 0 bridgehead atoms. The molecular formula is C14H22Cl2MnN7O14+. The van der Waals surface area contributed by atoms with Crippen molar-refractivity contribution in [2.75, 3.05) is 7.11 Å². The molecule has 0 aliphatic rings. The van der Waals surface area contributed by atoms with Gasteiger partial charge in [-0.3, -0.25) is 19.2 Å². The maximum absolute atomic E-state index is 11.0. The molecule has 1 rings (SSSR count). The quantitative estimate of drug-likeness (QED) is 0.0672. The van der Waals surface area contributed by atoms with Gasteiger partial charge < -0.3 is 22.1 Å². The molecule has 38 heavy (non-hydrogen) atoms. The number of aromatic nitrogens is 1. The van der Waals surface area contributed by atoms with Crippen molar-refractivity contribution < 1.29 is 105 Å². The summed E-state index contributed by atoms with van der Waals surface area (Å²) in [6.45, 7) is 3.10. The van der Waals surface area contributed by atoms with E-state index in [1.54, 1.807) is 32.0 Å². The van der Waals surface area contributed by atoms with Gasteiger partial charge >= 0.3 is 40.7 Å². The van der Waals surface area contributed by atoms with Crippen LogP contribution >= 0.6 is 0 Å². The third-order valence-electron chi connectivity index (χ3n) is 2.59.